The third-order valence-electron chi connectivity index (χ3n) is 3.10. The van der Waals surface area contributed by atoms with Gasteiger partial charge in [0.05, 0.1) is 6.10 Å². The van der Waals surface area contributed by atoms with Gasteiger partial charge in [0.15, 0.2) is 0 Å². The molecule has 0 fully saturated rings. The minimum absolute atomic E-state index is 0.0276. The summed E-state index contributed by atoms with van der Waals surface area (Å²) in [6, 6.07) is 3.98. The van der Waals surface area contributed by atoms with Gasteiger partial charge in [-0.25, -0.2) is 0 Å². The molecule has 0 saturated carbocycles. The standard InChI is InChI=1S/C14H23NO2/c1-9(17-5)12-7-11(14(2,3)4)6-10(8-15)13(12)16/h6-7,9,16H,8,15H2,1-5H3. The molecule has 0 spiro atoms. The zero-order valence-electron chi connectivity index (χ0n) is 11.4. The van der Waals surface area contributed by atoms with Gasteiger partial charge >= 0.3 is 0 Å². The fourth-order valence-electron chi connectivity index (χ4n) is 1.74. The molecule has 96 valence electrons. The van der Waals surface area contributed by atoms with Crippen molar-refractivity contribution in [1.29, 1.82) is 0 Å². The summed E-state index contributed by atoms with van der Waals surface area (Å²) in [6.07, 6.45) is -0.136. The van der Waals surface area contributed by atoms with Crippen molar-refractivity contribution < 1.29 is 9.84 Å². The van der Waals surface area contributed by atoms with Gasteiger partial charge in [0.25, 0.3) is 0 Å². The normalized spacial score (nSPS) is 13.8. The van der Waals surface area contributed by atoms with Crippen molar-refractivity contribution in [2.24, 2.45) is 5.73 Å². The lowest BCUT2D eigenvalue weighted by Crippen LogP contribution is -2.14. The van der Waals surface area contributed by atoms with Crippen molar-refractivity contribution in [2.75, 3.05) is 7.11 Å². The minimum atomic E-state index is -0.136. The van der Waals surface area contributed by atoms with Gasteiger partial charge in [0.1, 0.15) is 5.75 Å². The number of aromatic hydroxyl groups is 1. The van der Waals surface area contributed by atoms with Crippen molar-refractivity contribution in [3.05, 3.63) is 28.8 Å². The molecule has 3 nitrogen and oxygen atoms in total. The van der Waals surface area contributed by atoms with Crippen LogP contribution >= 0.6 is 0 Å². The van der Waals surface area contributed by atoms with Crippen LogP contribution < -0.4 is 5.73 Å². The van der Waals surface area contributed by atoms with E-state index in [0.29, 0.717) is 6.54 Å². The molecule has 3 N–H and O–H groups in total. The summed E-state index contributed by atoms with van der Waals surface area (Å²) >= 11 is 0. The molecule has 0 aromatic heterocycles. The number of phenolic OH excluding ortho intramolecular Hbond substituents is 1. The molecular formula is C14H23NO2. The van der Waals surface area contributed by atoms with Crippen molar-refractivity contribution in [1.82, 2.24) is 0 Å². The second-order valence-electron chi connectivity index (χ2n) is 5.41. The number of phenols is 1. The number of methoxy groups -OCH3 is 1. The Labute approximate surface area is 104 Å². The average molecular weight is 237 g/mol. The fourth-order valence-corrected chi connectivity index (χ4v) is 1.74. The van der Waals surface area contributed by atoms with Crippen LogP contribution in [0, 0.1) is 0 Å². The molecule has 0 bridgehead atoms. The number of hydrogen-bond donors (Lipinski definition) is 2. The maximum Gasteiger partial charge on any atom is 0.125 e. The Kier molecular flexibility index (Phi) is 4.17. The zero-order valence-corrected chi connectivity index (χ0v) is 11.4. The minimum Gasteiger partial charge on any atom is -0.507 e. The molecule has 1 aromatic carbocycles. The predicted molar refractivity (Wildman–Crippen MR) is 70.1 cm³/mol. The highest BCUT2D eigenvalue weighted by atomic mass is 16.5. The molecule has 1 aromatic rings. The first-order valence-corrected chi connectivity index (χ1v) is 5.90. The van der Waals surface area contributed by atoms with Crippen LogP contribution in [0.15, 0.2) is 12.1 Å². The third-order valence-corrected chi connectivity index (χ3v) is 3.10. The molecule has 1 rings (SSSR count). The van der Waals surface area contributed by atoms with Crippen LogP contribution in [0.4, 0.5) is 0 Å². The number of rotatable bonds is 3. The van der Waals surface area contributed by atoms with Crippen LogP contribution in [0.2, 0.25) is 0 Å². The van der Waals surface area contributed by atoms with Gasteiger partial charge in [-0.2, -0.15) is 0 Å². The maximum absolute atomic E-state index is 10.1. The number of benzene rings is 1. The number of ether oxygens (including phenoxy) is 1. The van der Waals surface area contributed by atoms with E-state index in [1.807, 2.05) is 19.1 Å². The highest BCUT2D eigenvalue weighted by molar-refractivity contribution is 5.46. The SMILES string of the molecule is COC(C)c1cc(C(C)(C)C)cc(CN)c1O. The van der Waals surface area contributed by atoms with Gasteiger partial charge in [0, 0.05) is 24.8 Å². The lowest BCUT2D eigenvalue weighted by atomic mass is 9.84. The third kappa shape index (κ3) is 2.99. The lowest BCUT2D eigenvalue weighted by Gasteiger charge is -2.23. The lowest BCUT2D eigenvalue weighted by molar-refractivity contribution is 0.117. The Bertz CT molecular complexity index is 394. The van der Waals surface area contributed by atoms with Crippen LogP contribution in [-0.4, -0.2) is 12.2 Å². The highest BCUT2D eigenvalue weighted by Crippen LogP contribution is 2.34. The van der Waals surface area contributed by atoms with E-state index in [2.05, 4.69) is 20.8 Å². The van der Waals surface area contributed by atoms with Crippen LogP contribution in [0.25, 0.3) is 0 Å². The molecule has 0 heterocycles. The van der Waals surface area contributed by atoms with Crippen molar-refractivity contribution >= 4 is 0 Å². The van der Waals surface area contributed by atoms with Gasteiger partial charge in [-0.1, -0.05) is 26.8 Å². The molecule has 17 heavy (non-hydrogen) atoms. The zero-order chi connectivity index (χ0) is 13.2. The van der Waals surface area contributed by atoms with Crippen molar-refractivity contribution in [2.45, 2.75) is 45.8 Å². The molecule has 0 saturated heterocycles. The topological polar surface area (TPSA) is 55.5 Å². The summed E-state index contributed by atoms with van der Waals surface area (Å²) in [6.45, 7) is 8.67. The van der Waals surface area contributed by atoms with Gasteiger partial charge in [-0.15, -0.1) is 0 Å². The highest BCUT2D eigenvalue weighted by Gasteiger charge is 2.20. The molecule has 0 aliphatic rings. The van der Waals surface area contributed by atoms with Gasteiger partial charge in [0.2, 0.25) is 0 Å². The van der Waals surface area contributed by atoms with Crippen LogP contribution in [0.3, 0.4) is 0 Å². The summed E-state index contributed by atoms with van der Waals surface area (Å²) in [4.78, 5) is 0. The molecule has 0 aliphatic heterocycles. The summed E-state index contributed by atoms with van der Waals surface area (Å²) in [5.41, 5.74) is 8.44. The molecule has 0 amide bonds. The number of hydrogen-bond acceptors (Lipinski definition) is 3. The first-order valence-electron chi connectivity index (χ1n) is 5.90. The largest absolute Gasteiger partial charge is 0.507 e. The summed E-state index contributed by atoms with van der Waals surface area (Å²) < 4.78 is 5.28. The first-order chi connectivity index (χ1) is 7.81. The van der Waals surface area contributed by atoms with Gasteiger partial charge < -0.3 is 15.6 Å². The van der Waals surface area contributed by atoms with Crippen LogP contribution in [0.5, 0.6) is 5.75 Å². The van der Waals surface area contributed by atoms with Crippen molar-refractivity contribution in [3.63, 3.8) is 0 Å². The quantitative estimate of drug-likeness (QED) is 0.850. The first kappa shape index (κ1) is 14.0. The number of nitrogens with two attached hydrogens (primary N) is 1. The second kappa shape index (κ2) is 5.07. The smallest absolute Gasteiger partial charge is 0.125 e. The Balaban J connectivity index is 3.39. The molecule has 1 unspecified atom stereocenters. The maximum atomic E-state index is 10.1. The Hall–Kier alpha value is -1.06. The van der Waals surface area contributed by atoms with Crippen LogP contribution in [0.1, 0.15) is 50.5 Å². The predicted octanol–water partition coefficient (Wildman–Crippen LogP) is 2.86. The van der Waals surface area contributed by atoms with E-state index in [-0.39, 0.29) is 17.3 Å². The summed E-state index contributed by atoms with van der Waals surface area (Å²) in [5.74, 6) is 0.259. The van der Waals surface area contributed by atoms with E-state index in [0.717, 1.165) is 16.7 Å². The van der Waals surface area contributed by atoms with E-state index in [1.54, 1.807) is 7.11 Å². The second-order valence-corrected chi connectivity index (χ2v) is 5.41. The van der Waals surface area contributed by atoms with E-state index in [9.17, 15) is 5.11 Å². The van der Waals surface area contributed by atoms with Crippen LogP contribution in [-0.2, 0) is 16.7 Å². The molecular weight excluding hydrogens is 214 g/mol. The molecule has 3 heteroatoms. The van der Waals surface area contributed by atoms with Crippen molar-refractivity contribution in [3.8, 4) is 5.75 Å². The van der Waals surface area contributed by atoms with Gasteiger partial charge in [-0.3, -0.25) is 0 Å². The van der Waals surface area contributed by atoms with E-state index in [1.165, 1.54) is 0 Å². The molecule has 1 atom stereocenters. The Morgan fingerprint density at radius 3 is 2.35 bits per heavy atom. The molecule has 0 aliphatic carbocycles. The van der Waals surface area contributed by atoms with E-state index >= 15 is 0 Å². The van der Waals surface area contributed by atoms with Gasteiger partial charge in [-0.05, 0) is 24.0 Å². The average Bonchev–Trinajstić information content (AvgIpc) is 2.26. The summed E-state index contributed by atoms with van der Waals surface area (Å²) in [7, 11) is 1.63. The monoisotopic (exact) mass is 237 g/mol. The molecule has 0 radical (unpaired) electrons. The van der Waals surface area contributed by atoms with E-state index in [4.69, 9.17) is 10.5 Å². The Morgan fingerprint density at radius 1 is 1.35 bits per heavy atom. The fraction of sp³-hybridized carbons (Fsp3) is 0.571. The van der Waals surface area contributed by atoms with E-state index < -0.39 is 0 Å². The summed E-state index contributed by atoms with van der Waals surface area (Å²) in [5, 5.41) is 10.1. The Morgan fingerprint density at radius 2 is 1.94 bits per heavy atom.